The molecule has 0 aliphatic heterocycles. The SMILES string of the molecule is C.N#CN(OCc1ccccc1)S(=O)(=O)c1ccccc1. The molecular formula is C15H16N2O3S. The molecule has 2 rings (SSSR count). The molecule has 0 unspecified atom stereocenters. The quantitative estimate of drug-likeness (QED) is 0.484. The molecule has 0 amide bonds. The Hall–Kier alpha value is -2.36. The van der Waals surface area contributed by atoms with Gasteiger partial charge in [0.15, 0.2) is 0 Å². The van der Waals surface area contributed by atoms with E-state index < -0.39 is 10.0 Å². The lowest BCUT2D eigenvalue weighted by molar-refractivity contribution is -0.0525. The molecule has 110 valence electrons. The predicted octanol–water partition coefficient (Wildman–Crippen LogP) is 2.93. The van der Waals surface area contributed by atoms with Crippen molar-refractivity contribution in [3.05, 3.63) is 66.2 Å². The summed E-state index contributed by atoms with van der Waals surface area (Å²) in [7, 11) is -3.97. The fourth-order valence-corrected chi connectivity index (χ4v) is 2.54. The van der Waals surface area contributed by atoms with Crippen LogP contribution >= 0.6 is 0 Å². The van der Waals surface area contributed by atoms with Gasteiger partial charge in [0.2, 0.25) is 6.19 Å². The van der Waals surface area contributed by atoms with Crippen molar-refractivity contribution in [2.75, 3.05) is 0 Å². The van der Waals surface area contributed by atoms with Crippen molar-refractivity contribution in [1.82, 2.24) is 4.47 Å². The lowest BCUT2D eigenvalue weighted by atomic mass is 10.2. The number of rotatable bonds is 5. The fourth-order valence-electron chi connectivity index (χ4n) is 1.55. The molecule has 0 saturated heterocycles. The lowest BCUT2D eigenvalue weighted by Crippen LogP contribution is -2.26. The highest BCUT2D eigenvalue weighted by molar-refractivity contribution is 7.89. The zero-order chi connectivity index (χ0) is 14.4. The summed E-state index contributed by atoms with van der Waals surface area (Å²) in [5.41, 5.74) is 0.774. The van der Waals surface area contributed by atoms with Crippen LogP contribution in [-0.2, 0) is 21.5 Å². The average Bonchev–Trinajstić information content (AvgIpc) is 2.49. The summed E-state index contributed by atoms with van der Waals surface area (Å²) in [6.45, 7) is 0.000460. The molecule has 0 spiro atoms. The third-order valence-corrected chi connectivity index (χ3v) is 4.02. The summed E-state index contributed by atoms with van der Waals surface area (Å²) in [5.74, 6) is 0. The van der Waals surface area contributed by atoms with Crippen LogP contribution in [0.4, 0.5) is 0 Å². The first-order chi connectivity index (χ1) is 9.64. The molecule has 0 bridgehead atoms. The summed E-state index contributed by atoms with van der Waals surface area (Å²) in [4.78, 5) is 5.09. The zero-order valence-corrected chi connectivity index (χ0v) is 11.3. The molecule has 0 aromatic heterocycles. The molecule has 5 nitrogen and oxygen atoms in total. The number of hydroxylamine groups is 1. The zero-order valence-electron chi connectivity index (χ0n) is 10.5. The smallest absolute Gasteiger partial charge is 0.245 e. The van der Waals surface area contributed by atoms with Crippen molar-refractivity contribution >= 4 is 10.0 Å². The maximum absolute atomic E-state index is 12.2. The van der Waals surface area contributed by atoms with Crippen LogP contribution in [0.5, 0.6) is 0 Å². The van der Waals surface area contributed by atoms with Gasteiger partial charge in [-0.25, -0.2) is 4.84 Å². The Morgan fingerprint density at radius 2 is 1.52 bits per heavy atom. The van der Waals surface area contributed by atoms with Gasteiger partial charge in [0.25, 0.3) is 10.0 Å². The Labute approximate surface area is 125 Å². The van der Waals surface area contributed by atoms with E-state index in [-0.39, 0.29) is 18.9 Å². The van der Waals surface area contributed by atoms with Crippen molar-refractivity contribution < 1.29 is 13.3 Å². The summed E-state index contributed by atoms with van der Waals surface area (Å²) in [6.07, 6.45) is 1.53. The third-order valence-electron chi connectivity index (χ3n) is 2.53. The molecule has 0 atom stereocenters. The van der Waals surface area contributed by atoms with E-state index in [9.17, 15) is 8.42 Å². The van der Waals surface area contributed by atoms with Gasteiger partial charge in [-0.15, -0.1) is 0 Å². The van der Waals surface area contributed by atoms with Crippen LogP contribution in [0.3, 0.4) is 0 Å². The van der Waals surface area contributed by atoms with Crippen molar-refractivity contribution in [2.24, 2.45) is 0 Å². The monoisotopic (exact) mass is 304 g/mol. The van der Waals surface area contributed by atoms with Gasteiger partial charge in [-0.05, 0) is 17.7 Å². The second-order valence-electron chi connectivity index (χ2n) is 3.90. The van der Waals surface area contributed by atoms with E-state index in [1.807, 2.05) is 6.07 Å². The highest BCUT2D eigenvalue weighted by Crippen LogP contribution is 2.15. The van der Waals surface area contributed by atoms with Gasteiger partial charge in [0.1, 0.15) is 6.61 Å². The van der Waals surface area contributed by atoms with Gasteiger partial charge in [0, 0.05) is 0 Å². The Bertz CT molecular complexity index is 695. The van der Waals surface area contributed by atoms with Crippen LogP contribution in [0.25, 0.3) is 0 Å². The molecule has 21 heavy (non-hydrogen) atoms. The first kappa shape index (κ1) is 16.7. The Kier molecular flexibility index (Phi) is 5.91. The van der Waals surface area contributed by atoms with Gasteiger partial charge in [-0.1, -0.05) is 60.4 Å². The van der Waals surface area contributed by atoms with Crippen LogP contribution in [0.1, 0.15) is 13.0 Å². The molecular weight excluding hydrogens is 288 g/mol. The highest BCUT2D eigenvalue weighted by Gasteiger charge is 2.24. The second kappa shape index (κ2) is 7.43. The van der Waals surface area contributed by atoms with E-state index >= 15 is 0 Å². The maximum Gasteiger partial charge on any atom is 0.295 e. The lowest BCUT2D eigenvalue weighted by Gasteiger charge is -2.15. The van der Waals surface area contributed by atoms with Crippen LogP contribution in [0.15, 0.2) is 65.6 Å². The van der Waals surface area contributed by atoms with Crippen molar-refractivity contribution in [2.45, 2.75) is 18.9 Å². The minimum atomic E-state index is -3.97. The van der Waals surface area contributed by atoms with E-state index in [1.54, 1.807) is 42.5 Å². The van der Waals surface area contributed by atoms with Gasteiger partial charge in [-0.2, -0.15) is 13.7 Å². The van der Waals surface area contributed by atoms with E-state index in [4.69, 9.17) is 10.1 Å². The molecule has 0 fully saturated rings. The molecule has 0 aliphatic carbocycles. The number of hydrogen-bond acceptors (Lipinski definition) is 4. The number of hydrogen-bond donors (Lipinski definition) is 0. The molecule has 0 heterocycles. The average molecular weight is 304 g/mol. The van der Waals surface area contributed by atoms with Gasteiger partial charge in [0.05, 0.1) is 4.90 Å². The molecule has 2 aromatic carbocycles. The Morgan fingerprint density at radius 1 is 1.00 bits per heavy atom. The number of sulfonamides is 1. The Balaban J connectivity index is 0.00000220. The fraction of sp³-hybridized carbons (Fsp3) is 0.133. The van der Waals surface area contributed by atoms with Crippen molar-refractivity contribution in [1.29, 1.82) is 5.26 Å². The normalized spacial score (nSPS) is 10.2. The summed E-state index contributed by atoms with van der Waals surface area (Å²) >= 11 is 0. The van der Waals surface area contributed by atoms with Crippen LogP contribution in [0.2, 0.25) is 0 Å². The van der Waals surface area contributed by atoms with Crippen molar-refractivity contribution in [3.8, 4) is 6.19 Å². The van der Waals surface area contributed by atoms with Crippen LogP contribution in [0, 0.1) is 11.5 Å². The standard InChI is InChI=1S/C14H12N2O3S.CH4/c15-12-16(19-11-13-7-3-1-4-8-13)20(17,18)14-9-5-2-6-10-14;/h1-10H,11H2;1H4. The molecule has 2 aromatic rings. The van der Waals surface area contributed by atoms with Gasteiger partial charge < -0.3 is 0 Å². The van der Waals surface area contributed by atoms with Crippen LogP contribution < -0.4 is 0 Å². The van der Waals surface area contributed by atoms with Gasteiger partial charge >= 0.3 is 0 Å². The van der Waals surface area contributed by atoms with E-state index in [0.717, 1.165) is 5.56 Å². The summed E-state index contributed by atoms with van der Waals surface area (Å²) < 4.78 is 24.7. The number of nitriles is 1. The largest absolute Gasteiger partial charge is 0.295 e. The third kappa shape index (κ3) is 4.05. The van der Waals surface area contributed by atoms with E-state index in [1.165, 1.54) is 18.3 Å². The molecule has 6 heteroatoms. The molecule has 0 N–H and O–H groups in total. The van der Waals surface area contributed by atoms with Crippen molar-refractivity contribution in [3.63, 3.8) is 0 Å². The number of benzene rings is 2. The minimum Gasteiger partial charge on any atom is -0.245 e. The Morgan fingerprint density at radius 3 is 2.05 bits per heavy atom. The topological polar surface area (TPSA) is 70.4 Å². The minimum absolute atomic E-state index is 0. The van der Waals surface area contributed by atoms with E-state index in [2.05, 4.69) is 0 Å². The number of nitrogens with zero attached hydrogens (tertiary/aromatic N) is 2. The van der Waals surface area contributed by atoms with Crippen LogP contribution in [-0.4, -0.2) is 12.9 Å². The summed E-state index contributed by atoms with van der Waals surface area (Å²) in [6, 6.07) is 16.7. The highest BCUT2D eigenvalue weighted by atomic mass is 32.2. The second-order valence-corrected chi connectivity index (χ2v) is 5.66. The predicted molar refractivity (Wildman–Crippen MR) is 79.0 cm³/mol. The first-order valence-electron chi connectivity index (χ1n) is 5.81. The molecule has 0 saturated carbocycles. The maximum atomic E-state index is 12.2. The first-order valence-corrected chi connectivity index (χ1v) is 7.25. The summed E-state index contributed by atoms with van der Waals surface area (Å²) in [5, 5.41) is 8.97. The van der Waals surface area contributed by atoms with Gasteiger partial charge in [-0.3, -0.25) is 0 Å². The molecule has 0 aliphatic rings. The molecule has 0 radical (unpaired) electrons. The van der Waals surface area contributed by atoms with E-state index in [0.29, 0.717) is 4.47 Å².